The zero-order valence-electron chi connectivity index (χ0n) is 16.5. The fourth-order valence-corrected chi connectivity index (χ4v) is 3.69. The monoisotopic (exact) mass is 394 g/mol. The fourth-order valence-electron chi connectivity index (χ4n) is 2.92. The Morgan fingerprint density at radius 1 is 1.30 bits per heavy atom. The van der Waals surface area contributed by atoms with Crippen molar-refractivity contribution in [3.8, 4) is 0 Å². The Hall–Kier alpha value is -1.93. The Kier molecular flexibility index (Phi) is 8.24. The number of anilines is 1. The first kappa shape index (κ1) is 21.4. The molecule has 2 rings (SSSR count). The molecule has 0 aliphatic rings. The van der Waals surface area contributed by atoms with E-state index in [1.165, 1.54) is 22.7 Å². The van der Waals surface area contributed by atoms with Crippen LogP contribution in [0, 0.1) is 5.82 Å². The van der Waals surface area contributed by atoms with Crippen LogP contribution in [-0.2, 0) is 11.3 Å². The quantitative estimate of drug-likeness (QED) is 0.608. The van der Waals surface area contributed by atoms with Gasteiger partial charge < -0.3 is 14.8 Å². The van der Waals surface area contributed by atoms with E-state index in [1.54, 1.807) is 18.2 Å². The lowest BCUT2D eigenvalue weighted by atomic mass is 10.2. The van der Waals surface area contributed by atoms with Crippen LogP contribution in [0.4, 0.5) is 10.1 Å². The lowest BCUT2D eigenvalue weighted by Gasteiger charge is -2.20. The van der Waals surface area contributed by atoms with Crippen molar-refractivity contribution in [1.82, 2.24) is 14.8 Å². The number of halogens is 1. The third-order valence-electron chi connectivity index (χ3n) is 4.38. The molecular weight excluding hydrogens is 365 g/mol. The van der Waals surface area contributed by atoms with Crippen molar-refractivity contribution < 1.29 is 14.1 Å². The van der Waals surface area contributed by atoms with E-state index >= 15 is 0 Å². The van der Waals surface area contributed by atoms with Crippen LogP contribution in [0.5, 0.6) is 0 Å². The second-order valence-corrected chi connectivity index (χ2v) is 7.64. The van der Waals surface area contributed by atoms with Gasteiger partial charge in [0.25, 0.3) is 0 Å². The van der Waals surface area contributed by atoms with Crippen molar-refractivity contribution in [3.63, 3.8) is 0 Å². The molecule has 0 spiro atoms. The SMILES string of the molecule is CCCCn1c(SCC(=O)Nc2ccccc2F)nnc1[C@H](CC)[NH+](C)C. The van der Waals surface area contributed by atoms with Crippen molar-refractivity contribution in [2.75, 3.05) is 25.2 Å². The fraction of sp³-hybridized carbons (Fsp3) is 0.526. The van der Waals surface area contributed by atoms with Crippen LogP contribution in [0.15, 0.2) is 29.4 Å². The van der Waals surface area contributed by atoms with Crippen molar-refractivity contribution in [2.45, 2.75) is 50.9 Å². The Bertz CT molecular complexity index is 749. The van der Waals surface area contributed by atoms with Crippen LogP contribution in [0.25, 0.3) is 0 Å². The minimum Gasteiger partial charge on any atom is -0.331 e. The highest BCUT2D eigenvalue weighted by atomic mass is 32.2. The summed E-state index contributed by atoms with van der Waals surface area (Å²) >= 11 is 1.34. The van der Waals surface area contributed by atoms with Gasteiger partial charge in [0.1, 0.15) is 11.9 Å². The maximum Gasteiger partial charge on any atom is 0.234 e. The Balaban J connectivity index is 2.09. The van der Waals surface area contributed by atoms with E-state index in [9.17, 15) is 9.18 Å². The molecule has 1 atom stereocenters. The normalized spacial score (nSPS) is 12.4. The number of unbranched alkanes of at least 4 members (excludes halogenated alkanes) is 1. The zero-order chi connectivity index (χ0) is 19.8. The van der Waals surface area contributed by atoms with Crippen LogP contribution in [0.2, 0.25) is 0 Å². The number of quaternary nitrogens is 1. The van der Waals surface area contributed by atoms with Gasteiger partial charge in [-0.3, -0.25) is 4.79 Å². The number of amides is 1. The number of nitrogens with zero attached hydrogens (tertiary/aromatic N) is 3. The standard InChI is InChI=1S/C19H28FN5OS/c1-5-7-12-25-18(16(6-2)24(3)4)22-23-19(25)27-13-17(26)21-15-11-9-8-10-14(15)20/h8-11,16H,5-7,12-13H2,1-4H3,(H,21,26)/p+1/t16-/m0/s1. The molecule has 1 aromatic heterocycles. The molecule has 0 bridgehead atoms. The first-order valence-electron chi connectivity index (χ1n) is 9.38. The lowest BCUT2D eigenvalue weighted by molar-refractivity contribution is -0.893. The minimum absolute atomic E-state index is 0.157. The van der Waals surface area contributed by atoms with E-state index < -0.39 is 5.82 Å². The second kappa shape index (κ2) is 10.4. The summed E-state index contributed by atoms with van der Waals surface area (Å²) in [4.78, 5) is 13.5. The maximum absolute atomic E-state index is 13.7. The molecule has 0 aliphatic carbocycles. The van der Waals surface area contributed by atoms with E-state index in [1.807, 2.05) is 0 Å². The molecule has 1 heterocycles. The molecule has 2 aromatic rings. The molecule has 2 N–H and O–H groups in total. The smallest absolute Gasteiger partial charge is 0.234 e. The van der Waals surface area contributed by atoms with Crippen molar-refractivity contribution in [2.24, 2.45) is 0 Å². The van der Waals surface area contributed by atoms with Gasteiger partial charge in [-0.2, -0.15) is 0 Å². The Morgan fingerprint density at radius 2 is 2.04 bits per heavy atom. The second-order valence-electron chi connectivity index (χ2n) is 6.70. The van der Waals surface area contributed by atoms with E-state index in [-0.39, 0.29) is 23.4 Å². The highest BCUT2D eigenvalue weighted by Gasteiger charge is 2.25. The molecule has 0 saturated heterocycles. The first-order valence-corrected chi connectivity index (χ1v) is 10.4. The average molecular weight is 395 g/mol. The molecule has 1 aromatic carbocycles. The molecule has 6 nitrogen and oxygen atoms in total. The van der Waals surface area contributed by atoms with Gasteiger partial charge in [0.05, 0.1) is 25.5 Å². The van der Waals surface area contributed by atoms with Gasteiger partial charge >= 0.3 is 0 Å². The van der Waals surface area contributed by atoms with Crippen molar-refractivity contribution in [1.29, 1.82) is 0 Å². The van der Waals surface area contributed by atoms with Gasteiger partial charge in [0, 0.05) is 13.0 Å². The number of para-hydroxylation sites is 1. The Labute approximate surface area is 164 Å². The highest BCUT2D eigenvalue weighted by molar-refractivity contribution is 7.99. The summed E-state index contributed by atoms with van der Waals surface area (Å²) < 4.78 is 15.8. The van der Waals surface area contributed by atoms with Gasteiger partial charge in [0.15, 0.2) is 11.0 Å². The third-order valence-corrected chi connectivity index (χ3v) is 5.34. The van der Waals surface area contributed by atoms with Crippen LogP contribution >= 0.6 is 11.8 Å². The molecule has 0 fully saturated rings. The largest absolute Gasteiger partial charge is 0.331 e. The molecular formula is C19H29FN5OS+. The number of aromatic nitrogens is 3. The summed E-state index contributed by atoms with van der Waals surface area (Å²) in [6.07, 6.45) is 3.06. The van der Waals surface area contributed by atoms with Crippen LogP contribution in [-0.4, -0.2) is 40.5 Å². The molecule has 0 aliphatic heterocycles. The van der Waals surface area contributed by atoms with Crippen molar-refractivity contribution >= 4 is 23.4 Å². The van der Waals surface area contributed by atoms with E-state index in [4.69, 9.17) is 0 Å². The van der Waals surface area contributed by atoms with Crippen LogP contribution < -0.4 is 10.2 Å². The predicted molar refractivity (Wildman–Crippen MR) is 107 cm³/mol. The van der Waals surface area contributed by atoms with E-state index in [0.29, 0.717) is 0 Å². The zero-order valence-corrected chi connectivity index (χ0v) is 17.3. The molecule has 8 heteroatoms. The van der Waals surface area contributed by atoms with Gasteiger partial charge in [-0.15, -0.1) is 10.2 Å². The number of carbonyl (C=O) groups is 1. The van der Waals surface area contributed by atoms with Gasteiger partial charge in [-0.25, -0.2) is 4.39 Å². The summed E-state index contributed by atoms with van der Waals surface area (Å²) in [5.41, 5.74) is 0.193. The number of thioether (sulfide) groups is 1. The summed E-state index contributed by atoms with van der Waals surface area (Å²) in [6.45, 7) is 5.12. The molecule has 1 amide bonds. The van der Waals surface area contributed by atoms with Gasteiger partial charge in [-0.05, 0) is 18.6 Å². The molecule has 148 valence electrons. The molecule has 27 heavy (non-hydrogen) atoms. The van der Waals surface area contributed by atoms with E-state index in [2.05, 4.69) is 48.0 Å². The first-order chi connectivity index (χ1) is 13.0. The maximum atomic E-state index is 13.7. The third kappa shape index (κ3) is 5.77. The highest BCUT2D eigenvalue weighted by Crippen LogP contribution is 2.22. The van der Waals surface area contributed by atoms with Crippen LogP contribution in [0.1, 0.15) is 45.0 Å². The molecule has 0 saturated carbocycles. The summed E-state index contributed by atoms with van der Waals surface area (Å²) in [7, 11) is 4.23. The lowest BCUT2D eigenvalue weighted by Crippen LogP contribution is -3.06. The number of hydrogen-bond acceptors (Lipinski definition) is 4. The van der Waals surface area contributed by atoms with Crippen molar-refractivity contribution in [3.05, 3.63) is 35.9 Å². The Morgan fingerprint density at radius 3 is 2.67 bits per heavy atom. The summed E-state index contributed by atoms with van der Waals surface area (Å²) in [5.74, 6) is 0.415. The number of rotatable bonds is 10. The number of nitrogens with one attached hydrogen (secondary N) is 2. The van der Waals surface area contributed by atoms with Crippen LogP contribution in [0.3, 0.4) is 0 Å². The summed E-state index contributed by atoms with van der Waals surface area (Å²) in [6, 6.07) is 6.41. The number of hydrogen-bond donors (Lipinski definition) is 2. The topological polar surface area (TPSA) is 64.2 Å². The minimum atomic E-state index is -0.441. The van der Waals surface area contributed by atoms with Gasteiger partial charge in [-0.1, -0.05) is 44.2 Å². The van der Waals surface area contributed by atoms with Gasteiger partial charge in [0.2, 0.25) is 5.91 Å². The molecule has 0 radical (unpaired) electrons. The van der Waals surface area contributed by atoms with E-state index in [0.717, 1.165) is 36.8 Å². The molecule has 0 unspecified atom stereocenters. The average Bonchev–Trinajstić information content (AvgIpc) is 3.03. The number of carbonyl (C=O) groups excluding carboxylic acids is 1. The predicted octanol–water partition coefficient (Wildman–Crippen LogP) is 2.54. The number of benzene rings is 1. The summed E-state index contributed by atoms with van der Waals surface area (Å²) in [5, 5.41) is 12.1.